The Morgan fingerprint density at radius 1 is 1.10 bits per heavy atom. The molecule has 0 saturated carbocycles. The lowest BCUT2D eigenvalue weighted by Gasteiger charge is -2.27. The largest absolute Gasteiger partial charge is 0.444 e. The molecule has 1 aliphatic heterocycles. The lowest BCUT2D eigenvalue weighted by molar-refractivity contribution is -0.137. The van der Waals surface area contributed by atoms with E-state index in [0.717, 1.165) is 11.3 Å². The van der Waals surface area contributed by atoms with Gasteiger partial charge in [0, 0.05) is 43.8 Å². The van der Waals surface area contributed by atoms with Gasteiger partial charge < -0.3 is 20.5 Å². The molecule has 0 spiro atoms. The second kappa shape index (κ2) is 13.1. The molecular weight excluding hydrogens is 402 g/mol. The number of ether oxygens (including phenoxy) is 1. The topological polar surface area (TPSA) is 125 Å². The van der Waals surface area contributed by atoms with Crippen molar-refractivity contribution in [1.29, 1.82) is 0 Å². The minimum atomic E-state index is -0.487. The van der Waals surface area contributed by atoms with Gasteiger partial charge in [-0.15, -0.1) is 0 Å². The van der Waals surface area contributed by atoms with Crippen LogP contribution in [0.2, 0.25) is 0 Å². The number of nitrogens with zero attached hydrogens (tertiary/aromatic N) is 1. The number of hydrogen-bond acceptors (Lipinski definition) is 6. The summed E-state index contributed by atoms with van der Waals surface area (Å²) in [4.78, 5) is 46.2. The molecule has 0 atom stereocenters. The van der Waals surface area contributed by atoms with Crippen molar-refractivity contribution in [2.45, 2.75) is 78.9 Å². The molecule has 0 aromatic heterocycles. The molecule has 9 nitrogen and oxygen atoms in total. The Kier molecular flexibility index (Phi) is 12.1. The molecule has 0 radical (unpaired) electrons. The van der Waals surface area contributed by atoms with Gasteiger partial charge in [-0.2, -0.15) is 0 Å². The number of aliphatic hydroxyl groups is 1. The smallest absolute Gasteiger partial charge is 0.408 e. The van der Waals surface area contributed by atoms with E-state index in [1.165, 1.54) is 12.2 Å². The average Bonchev–Trinajstić information content (AvgIpc) is 2.89. The Labute approximate surface area is 185 Å². The summed E-state index contributed by atoms with van der Waals surface area (Å²) >= 11 is 0. The number of hydrogen-bond donors (Lipinski definition) is 3. The highest BCUT2D eigenvalue weighted by Crippen LogP contribution is 2.11. The second-order valence-electron chi connectivity index (χ2n) is 9.43. The van der Waals surface area contributed by atoms with Crippen LogP contribution in [-0.2, 0) is 19.1 Å². The van der Waals surface area contributed by atoms with E-state index < -0.39 is 17.2 Å². The number of carbonyl (C=O) groups is 4. The van der Waals surface area contributed by atoms with Crippen molar-refractivity contribution in [2.24, 2.45) is 5.92 Å². The van der Waals surface area contributed by atoms with Crippen LogP contribution in [0.3, 0.4) is 0 Å². The first-order chi connectivity index (χ1) is 14.2. The molecule has 31 heavy (non-hydrogen) atoms. The summed E-state index contributed by atoms with van der Waals surface area (Å²) < 4.78 is 5.09. The minimum Gasteiger partial charge on any atom is -0.444 e. The van der Waals surface area contributed by atoms with Crippen LogP contribution in [0.5, 0.6) is 0 Å². The summed E-state index contributed by atoms with van der Waals surface area (Å²) in [5.41, 5.74) is -0.920. The fourth-order valence-electron chi connectivity index (χ4n) is 2.38. The average molecular weight is 442 g/mol. The Morgan fingerprint density at radius 2 is 1.65 bits per heavy atom. The van der Waals surface area contributed by atoms with Gasteiger partial charge in [-0.05, 0) is 53.4 Å². The van der Waals surface area contributed by atoms with Crippen molar-refractivity contribution >= 4 is 23.8 Å². The van der Waals surface area contributed by atoms with E-state index in [0.29, 0.717) is 18.9 Å². The summed E-state index contributed by atoms with van der Waals surface area (Å²) in [6.45, 7) is 14.1. The minimum absolute atomic E-state index is 0.0444. The number of rotatable bonds is 9. The molecule has 0 fully saturated rings. The summed E-state index contributed by atoms with van der Waals surface area (Å²) in [7, 11) is 0. The maximum atomic E-state index is 11.4. The predicted octanol–water partition coefficient (Wildman–Crippen LogP) is 2.14. The molecule has 0 aromatic carbocycles. The zero-order valence-corrected chi connectivity index (χ0v) is 19.9. The van der Waals surface area contributed by atoms with Crippen molar-refractivity contribution in [3.8, 4) is 0 Å². The molecule has 0 aliphatic carbocycles. The van der Waals surface area contributed by atoms with Crippen molar-refractivity contribution in [3.05, 3.63) is 12.2 Å². The first-order valence-electron chi connectivity index (χ1n) is 10.6. The lowest BCUT2D eigenvalue weighted by Crippen LogP contribution is -2.46. The maximum Gasteiger partial charge on any atom is 0.408 e. The van der Waals surface area contributed by atoms with Gasteiger partial charge in [0.1, 0.15) is 5.60 Å². The number of amides is 4. The van der Waals surface area contributed by atoms with Gasteiger partial charge in [0.05, 0.1) is 0 Å². The summed E-state index contributed by atoms with van der Waals surface area (Å²) in [6, 6.07) is 0. The quantitative estimate of drug-likeness (QED) is 0.471. The van der Waals surface area contributed by atoms with Crippen molar-refractivity contribution < 1.29 is 29.0 Å². The van der Waals surface area contributed by atoms with Crippen LogP contribution < -0.4 is 10.6 Å². The fraction of sp³-hybridized carbons (Fsp3) is 0.727. The standard InChI is InChI=1S/C12H18N2O3.C10H21NO3/c1-9(2)5-7-13-10(15)6-8-14-11(16)3-4-12(14)17;1-9(2,3)14-8(13)11-10(4,5)6-7-12/h3-4,9H,5-8H2,1-2H3,(H,13,15);12H,6-7H2,1-5H3,(H,11,13). The van der Waals surface area contributed by atoms with Gasteiger partial charge in [0.25, 0.3) is 11.8 Å². The Balaban J connectivity index is 0.000000594. The molecule has 178 valence electrons. The zero-order valence-electron chi connectivity index (χ0n) is 19.9. The molecule has 1 aliphatic rings. The van der Waals surface area contributed by atoms with E-state index in [9.17, 15) is 19.2 Å². The van der Waals surface area contributed by atoms with E-state index in [1.54, 1.807) is 0 Å². The van der Waals surface area contributed by atoms with Crippen LogP contribution in [0.1, 0.15) is 67.7 Å². The Bertz CT molecular complexity index is 632. The summed E-state index contributed by atoms with van der Waals surface area (Å²) in [6.07, 6.45) is 3.59. The number of carbonyl (C=O) groups excluding carboxylic acids is 4. The van der Waals surface area contributed by atoms with Gasteiger partial charge in [0.2, 0.25) is 5.91 Å². The molecule has 3 N–H and O–H groups in total. The molecule has 4 amide bonds. The lowest BCUT2D eigenvalue weighted by atomic mass is 10.0. The summed E-state index contributed by atoms with van der Waals surface area (Å²) in [5, 5.41) is 14.2. The predicted molar refractivity (Wildman–Crippen MR) is 118 cm³/mol. The highest BCUT2D eigenvalue weighted by Gasteiger charge is 2.24. The van der Waals surface area contributed by atoms with Crippen LogP contribution in [0, 0.1) is 5.92 Å². The zero-order chi connectivity index (χ0) is 24.2. The highest BCUT2D eigenvalue weighted by atomic mass is 16.6. The van der Waals surface area contributed by atoms with E-state index in [4.69, 9.17) is 9.84 Å². The first-order valence-corrected chi connectivity index (χ1v) is 10.6. The van der Waals surface area contributed by atoms with E-state index in [1.807, 2.05) is 34.6 Å². The SMILES string of the molecule is CC(C)(CCO)NC(=O)OC(C)(C)C.CC(C)CCNC(=O)CCN1C(=O)C=CC1=O. The molecule has 0 unspecified atom stereocenters. The molecular formula is C22H39N3O6. The summed E-state index contributed by atoms with van der Waals surface area (Å²) in [5.74, 6) is -0.269. The van der Waals surface area contributed by atoms with Crippen molar-refractivity contribution in [1.82, 2.24) is 15.5 Å². The number of alkyl carbamates (subject to hydrolysis) is 1. The maximum absolute atomic E-state index is 11.4. The van der Waals surface area contributed by atoms with Gasteiger partial charge in [0.15, 0.2) is 0 Å². The van der Waals surface area contributed by atoms with Crippen molar-refractivity contribution in [2.75, 3.05) is 19.7 Å². The molecule has 1 rings (SSSR count). The first kappa shape index (κ1) is 28.6. The van der Waals surface area contributed by atoms with E-state index in [-0.39, 0.29) is 37.3 Å². The monoisotopic (exact) mass is 441 g/mol. The van der Waals surface area contributed by atoms with Gasteiger partial charge in [-0.25, -0.2) is 4.79 Å². The van der Waals surface area contributed by atoms with Crippen LogP contribution in [0.25, 0.3) is 0 Å². The molecule has 0 aromatic rings. The molecule has 1 heterocycles. The molecule has 0 saturated heterocycles. The third kappa shape index (κ3) is 14.3. The van der Waals surface area contributed by atoms with Crippen LogP contribution >= 0.6 is 0 Å². The third-order valence-electron chi connectivity index (χ3n) is 4.08. The van der Waals surface area contributed by atoms with Crippen LogP contribution in [-0.4, -0.2) is 64.7 Å². The van der Waals surface area contributed by atoms with Crippen LogP contribution in [0.4, 0.5) is 4.79 Å². The van der Waals surface area contributed by atoms with Gasteiger partial charge in [-0.1, -0.05) is 13.8 Å². The van der Waals surface area contributed by atoms with Gasteiger partial charge in [-0.3, -0.25) is 19.3 Å². The highest BCUT2D eigenvalue weighted by molar-refractivity contribution is 6.13. The van der Waals surface area contributed by atoms with E-state index >= 15 is 0 Å². The van der Waals surface area contributed by atoms with Gasteiger partial charge >= 0.3 is 6.09 Å². The Morgan fingerprint density at radius 3 is 2.10 bits per heavy atom. The number of aliphatic hydroxyl groups excluding tert-OH is 1. The number of nitrogens with one attached hydrogen (secondary N) is 2. The van der Waals surface area contributed by atoms with Crippen LogP contribution in [0.15, 0.2) is 12.2 Å². The van der Waals surface area contributed by atoms with Crippen molar-refractivity contribution in [3.63, 3.8) is 0 Å². The Hall–Kier alpha value is -2.42. The molecule has 9 heteroatoms. The van der Waals surface area contributed by atoms with E-state index in [2.05, 4.69) is 24.5 Å². The fourth-order valence-corrected chi connectivity index (χ4v) is 2.38. The number of imide groups is 1. The third-order valence-corrected chi connectivity index (χ3v) is 4.08. The second-order valence-corrected chi connectivity index (χ2v) is 9.43. The normalized spacial score (nSPS) is 13.8. The molecule has 0 bridgehead atoms.